The maximum atomic E-state index is 11.5. The number of hydrogen-bond acceptors (Lipinski definition) is 3. The largest absolute Gasteiger partial charge is 0.465 e. The van der Waals surface area contributed by atoms with E-state index in [0.717, 1.165) is 0 Å². The second kappa shape index (κ2) is 5.35. The topological polar surface area (TPSA) is 46.5 Å². The summed E-state index contributed by atoms with van der Waals surface area (Å²) in [5.74, 6) is -0.685. The van der Waals surface area contributed by atoms with Gasteiger partial charge in [0.25, 0.3) is 0 Å². The lowest BCUT2D eigenvalue weighted by molar-refractivity contribution is -0.155. The van der Waals surface area contributed by atoms with Gasteiger partial charge < -0.3 is 9.84 Å². The highest BCUT2D eigenvalue weighted by Crippen LogP contribution is 2.16. The molecule has 14 heavy (non-hydrogen) atoms. The third-order valence-electron chi connectivity index (χ3n) is 1.97. The molecule has 2 atom stereocenters. The molecule has 0 heterocycles. The highest BCUT2D eigenvalue weighted by molar-refractivity contribution is 5.73. The van der Waals surface area contributed by atoms with E-state index in [1.165, 1.54) is 0 Å². The van der Waals surface area contributed by atoms with Gasteiger partial charge in [-0.3, -0.25) is 4.79 Å². The molecule has 0 amide bonds. The summed E-state index contributed by atoms with van der Waals surface area (Å²) in [5, 5.41) is 9.31. The Morgan fingerprint density at radius 1 is 1.43 bits per heavy atom. The molecule has 0 aromatic carbocycles. The van der Waals surface area contributed by atoms with Gasteiger partial charge >= 0.3 is 5.97 Å². The Balaban J connectivity index is 4.06. The highest BCUT2D eigenvalue weighted by atomic mass is 16.5. The SMILES string of the molecule is CC[C@@H](C(=O)OCC(C)(C)C)[C@H](C)O. The number of carbonyl (C=O) groups excluding carboxylic acids is 1. The first-order valence-electron chi connectivity index (χ1n) is 5.12. The van der Waals surface area contributed by atoms with E-state index in [1.54, 1.807) is 6.92 Å². The summed E-state index contributed by atoms with van der Waals surface area (Å²) < 4.78 is 5.12. The molecule has 0 rings (SSSR count). The van der Waals surface area contributed by atoms with Gasteiger partial charge in [-0.2, -0.15) is 0 Å². The number of rotatable bonds is 4. The molecule has 0 spiro atoms. The molecule has 3 heteroatoms. The first-order chi connectivity index (χ1) is 6.28. The lowest BCUT2D eigenvalue weighted by atomic mass is 9.98. The Labute approximate surface area is 86.5 Å². The zero-order valence-electron chi connectivity index (χ0n) is 9.83. The second-order valence-electron chi connectivity index (χ2n) is 4.92. The average molecular weight is 202 g/mol. The molecule has 0 aliphatic heterocycles. The molecule has 0 saturated carbocycles. The second-order valence-corrected chi connectivity index (χ2v) is 4.92. The van der Waals surface area contributed by atoms with Gasteiger partial charge in [0.2, 0.25) is 0 Å². The Morgan fingerprint density at radius 3 is 2.21 bits per heavy atom. The molecule has 0 aliphatic carbocycles. The van der Waals surface area contributed by atoms with Gasteiger partial charge in [-0.05, 0) is 18.8 Å². The van der Waals surface area contributed by atoms with Gasteiger partial charge in [-0.1, -0.05) is 27.7 Å². The molecule has 0 aliphatic rings. The molecule has 0 radical (unpaired) electrons. The Hall–Kier alpha value is -0.570. The Morgan fingerprint density at radius 2 is 1.93 bits per heavy atom. The van der Waals surface area contributed by atoms with Gasteiger partial charge in [-0.25, -0.2) is 0 Å². The van der Waals surface area contributed by atoms with Crippen LogP contribution in [-0.2, 0) is 9.53 Å². The van der Waals surface area contributed by atoms with Crippen LogP contribution in [-0.4, -0.2) is 23.8 Å². The number of ether oxygens (including phenoxy) is 1. The molecule has 0 unspecified atom stereocenters. The van der Waals surface area contributed by atoms with E-state index in [4.69, 9.17) is 4.74 Å². The number of carbonyl (C=O) groups is 1. The van der Waals surface area contributed by atoms with Gasteiger partial charge in [0.15, 0.2) is 0 Å². The summed E-state index contributed by atoms with van der Waals surface area (Å²) in [5.41, 5.74) is -0.0212. The zero-order valence-corrected chi connectivity index (χ0v) is 9.83. The van der Waals surface area contributed by atoms with Crippen molar-refractivity contribution in [3.63, 3.8) is 0 Å². The van der Waals surface area contributed by atoms with Crippen LogP contribution in [0.4, 0.5) is 0 Å². The molecule has 0 aromatic heterocycles. The summed E-state index contributed by atoms with van der Waals surface area (Å²) in [6.45, 7) is 9.90. The van der Waals surface area contributed by atoms with E-state index >= 15 is 0 Å². The number of aliphatic hydroxyl groups excluding tert-OH is 1. The molecular weight excluding hydrogens is 180 g/mol. The smallest absolute Gasteiger partial charge is 0.311 e. The van der Waals surface area contributed by atoms with Crippen molar-refractivity contribution in [2.24, 2.45) is 11.3 Å². The van der Waals surface area contributed by atoms with Crippen LogP contribution in [0.15, 0.2) is 0 Å². The summed E-state index contributed by atoms with van der Waals surface area (Å²) in [6, 6.07) is 0. The van der Waals surface area contributed by atoms with Crippen LogP contribution in [0.3, 0.4) is 0 Å². The fraction of sp³-hybridized carbons (Fsp3) is 0.909. The quantitative estimate of drug-likeness (QED) is 0.709. The van der Waals surface area contributed by atoms with E-state index < -0.39 is 12.0 Å². The summed E-state index contributed by atoms with van der Waals surface area (Å²) in [7, 11) is 0. The maximum absolute atomic E-state index is 11.5. The summed E-state index contributed by atoms with van der Waals surface area (Å²) >= 11 is 0. The van der Waals surface area contributed by atoms with Crippen molar-refractivity contribution in [1.29, 1.82) is 0 Å². The van der Waals surface area contributed by atoms with Crippen molar-refractivity contribution in [1.82, 2.24) is 0 Å². The lowest BCUT2D eigenvalue weighted by Gasteiger charge is -2.21. The van der Waals surface area contributed by atoms with Gasteiger partial charge in [0.05, 0.1) is 18.6 Å². The van der Waals surface area contributed by atoms with Crippen molar-refractivity contribution in [2.75, 3.05) is 6.61 Å². The van der Waals surface area contributed by atoms with Crippen molar-refractivity contribution in [3.05, 3.63) is 0 Å². The fourth-order valence-corrected chi connectivity index (χ4v) is 1.10. The standard InChI is InChI=1S/C11H22O3/c1-6-9(8(2)12)10(13)14-7-11(3,4)5/h8-9,12H,6-7H2,1-5H3/t8-,9+/m0/s1. The molecule has 84 valence electrons. The first kappa shape index (κ1) is 13.4. The maximum Gasteiger partial charge on any atom is 0.311 e. The van der Waals surface area contributed by atoms with Crippen molar-refractivity contribution >= 4 is 5.97 Å². The third-order valence-corrected chi connectivity index (χ3v) is 1.97. The molecule has 0 saturated heterocycles. The average Bonchev–Trinajstić information content (AvgIpc) is 2.00. The number of aliphatic hydroxyl groups is 1. The minimum Gasteiger partial charge on any atom is -0.465 e. The van der Waals surface area contributed by atoms with E-state index in [-0.39, 0.29) is 11.4 Å². The monoisotopic (exact) mass is 202 g/mol. The molecule has 1 N–H and O–H groups in total. The minimum atomic E-state index is -0.632. The third kappa shape index (κ3) is 5.22. The Bertz CT molecular complexity index is 179. The van der Waals surface area contributed by atoms with Crippen LogP contribution in [0.1, 0.15) is 41.0 Å². The van der Waals surface area contributed by atoms with Crippen molar-refractivity contribution in [3.8, 4) is 0 Å². The van der Waals surface area contributed by atoms with Crippen LogP contribution >= 0.6 is 0 Å². The van der Waals surface area contributed by atoms with E-state index in [1.807, 2.05) is 27.7 Å². The van der Waals surface area contributed by atoms with Gasteiger partial charge in [0, 0.05) is 0 Å². The lowest BCUT2D eigenvalue weighted by Crippen LogP contribution is -2.29. The van der Waals surface area contributed by atoms with Crippen LogP contribution in [0, 0.1) is 11.3 Å². The van der Waals surface area contributed by atoms with Gasteiger partial charge in [0.1, 0.15) is 0 Å². The molecule has 0 fully saturated rings. The van der Waals surface area contributed by atoms with Crippen molar-refractivity contribution < 1.29 is 14.6 Å². The zero-order chi connectivity index (χ0) is 11.4. The van der Waals surface area contributed by atoms with E-state index in [9.17, 15) is 9.90 Å². The number of esters is 1. The normalized spacial score (nSPS) is 16.1. The summed E-state index contributed by atoms with van der Waals surface area (Å²) in [6.07, 6.45) is -0.0202. The highest BCUT2D eigenvalue weighted by Gasteiger charge is 2.24. The minimum absolute atomic E-state index is 0.0212. The van der Waals surface area contributed by atoms with Crippen molar-refractivity contribution in [2.45, 2.75) is 47.1 Å². The summed E-state index contributed by atoms with van der Waals surface area (Å²) in [4.78, 5) is 11.5. The van der Waals surface area contributed by atoms with Crippen LogP contribution < -0.4 is 0 Å². The van der Waals surface area contributed by atoms with Gasteiger partial charge in [-0.15, -0.1) is 0 Å². The predicted molar refractivity (Wildman–Crippen MR) is 55.9 cm³/mol. The first-order valence-corrected chi connectivity index (χ1v) is 5.12. The van der Waals surface area contributed by atoms with E-state index in [2.05, 4.69) is 0 Å². The van der Waals surface area contributed by atoms with Crippen LogP contribution in [0.25, 0.3) is 0 Å². The predicted octanol–water partition coefficient (Wildman–Crippen LogP) is 1.98. The number of hydrogen-bond donors (Lipinski definition) is 1. The van der Waals surface area contributed by atoms with Crippen LogP contribution in [0.2, 0.25) is 0 Å². The molecule has 0 aromatic rings. The molecule has 3 nitrogen and oxygen atoms in total. The van der Waals surface area contributed by atoms with E-state index in [0.29, 0.717) is 13.0 Å². The molecular formula is C11H22O3. The Kier molecular flexibility index (Phi) is 5.13. The fourth-order valence-electron chi connectivity index (χ4n) is 1.10. The van der Waals surface area contributed by atoms with Crippen LogP contribution in [0.5, 0.6) is 0 Å². The molecule has 0 bridgehead atoms.